The van der Waals surface area contributed by atoms with Crippen LogP contribution in [0.2, 0.25) is 0 Å². The van der Waals surface area contributed by atoms with Crippen LogP contribution in [-0.4, -0.2) is 10.7 Å². The van der Waals surface area contributed by atoms with Crippen molar-refractivity contribution in [3.05, 3.63) is 35.2 Å². The second-order valence-electron chi connectivity index (χ2n) is 8.07. The van der Waals surface area contributed by atoms with Crippen LogP contribution in [0.15, 0.2) is 34.7 Å². The molecule has 4 heteroatoms. The van der Waals surface area contributed by atoms with E-state index >= 15 is 0 Å². The van der Waals surface area contributed by atoms with E-state index in [1.54, 1.807) is 11.3 Å². The lowest BCUT2D eigenvalue weighted by molar-refractivity contribution is 0.194. The predicted octanol–water partition coefficient (Wildman–Crippen LogP) is 5.73. The summed E-state index contributed by atoms with van der Waals surface area (Å²) in [4.78, 5) is 4.69. The number of hydrazone groups is 1. The maximum absolute atomic E-state index is 4.78. The van der Waals surface area contributed by atoms with Crippen molar-refractivity contribution in [2.45, 2.75) is 47.0 Å². The molecule has 2 aliphatic carbocycles. The molecule has 4 rings (SSSR count). The number of nitrogens with zero attached hydrogens (tertiary/aromatic N) is 2. The highest BCUT2D eigenvalue weighted by atomic mass is 32.1. The molecule has 2 bridgehead atoms. The van der Waals surface area contributed by atoms with Gasteiger partial charge in [0.05, 0.1) is 5.69 Å². The molecule has 2 aliphatic rings. The van der Waals surface area contributed by atoms with Gasteiger partial charge < -0.3 is 0 Å². The Morgan fingerprint density at radius 3 is 2.58 bits per heavy atom. The molecular weight excluding hydrogens is 314 g/mol. The number of nitrogens with one attached hydrogen (secondary N) is 1. The standard InChI is InChI=1S/C20H25N3S/c1-13-5-7-14(8-6-13)16-12-24-18(21-16)23-22-17-11-15-9-10-20(17,4)19(15,2)3/h5-8,12,15H,9-11H2,1-4H3,(H,21,23)/b22-17-/t15-,20-/m1/s1. The quantitative estimate of drug-likeness (QED) is 0.725. The molecule has 1 aromatic carbocycles. The fraction of sp³-hybridized carbons (Fsp3) is 0.500. The maximum atomic E-state index is 4.78. The van der Waals surface area contributed by atoms with Crippen molar-refractivity contribution < 1.29 is 0 Å². The summed E-state index contributed by atoms with van der Waals surface area (Å²) < 4.78 is 0. The van der Waals surface area contributed by atoms with Crippen molar-refractivity contribution in [1.82, 2.24) is 4.98 Å². The van der Waals surface area contributed by atoms with E-state index in [-0.39, 0.29) is 5.41 Å². The molecule has 126 valence electrons. The van der Waals surface area contributed by atoms with Gasteiger partial charge in [-0.05, 0) is 37.5 Å². The van der Waals surface area contributed by atoms with Gasteiger partial charge in [0.15, 0.2) is 0 Å². The van der Waals surface area contributed by atoms with Gasteiger partial charge in [0.1, 0.15) is 0 Å². The highest BCUT2D eigenvalue weighted by Gasteiger charge is 2.59. The number of fused-ring (bicyclic) bond motifs is 2. The average Bonchev–Trinajstić information content (AvgIpc) is 3.16. The number of thiazole rings is 1. The van der Waals surface area contributed by atoms with Crippen molar-refractivity contribution in [3.8, 4) is 11.3 Å². The fourth-order valence-corrected chi connectivity index (χ4v) is 5.06. The van der Waals surface area contributed by atoms with Crippen molar-refractivity contribution in [2.75, 3.05) is 5.43 Å². The van der Waals surface area contributed by atoms with E-state index in [0.717, 1.165) is 28.7 Å². The van der Waals surface area contributed by atoms with Gasteiger partial charge in [0.25, 0.3) is 0 Å². The first kappa shape index (κ1) is 15.8. The first-order chi connectivity index (χ1) is 11.4. The Morgan fingerprint density at radius 1 is 1.21 bits per heavy atom. The number of rotatable bonds is 3. The van der Waals surface area contributed by atoms with Crippen LogP contribution in [0.4, 0.5) is 5.13 Å². The van der Waals surface area contributed by atoms with Gasteiger partial charge in [-0.1, -0.05) is 50.6 Å². The van der Waals surface area contributed by atoms with Crippen LogP contribution in [0.5, 0.6) is 0 Å². The Balaban J connectivity index is 1.52. The number of benzene rings is 1. The van der Waals surface area contributed by atoms with Crippen LogP contribution in [0.25, 0.3) is 11.3 Å². The Kier molecular flexibility index (Phi) is 3.57. The first-order valence-electron chi connectivity index (χ1n) is 8.76. The third-order valence-electron chi connectivity index (χ3n) is 6.65. The summed E-state index contributed by atoms with van der Waals surface area (Å²) in [5.74, 6) is 0.780. The van der Waals surface area contributed by atoms with Crippen molar-refractivity contribution >= 4 is 22.2 Å². The Morgan fingerprint density at radius 2 is 1.96 bits per heavy atom. The summed E-state index contributed by atoms with van der Waals surface area (Å²) in [7, 11) is 0. The predicted molar refractivity (Wildman–Crippen MR) is 103 cm³/mol. The highest BCUT2D eigenvalue weighted by molar-refractivity contribution is 7.14. The fourth-order valence-electron chi connectivity index (χ4n) is 4.39. The number of hydrogen-bond donors (Lipinski definition) is 1. The van der Waals surface area contributed by atoms with E-state index in [4.69, 9.17) is 10.1 Å². The SMILES string of the molecule is Cc1ccc(-c2csc(N/N=C3/C[C@H]4CC[C@@]3(C)C4(C)C)n2)cc1. The number of hydrogen-bond acceptors (Lipinski definition) is 4. The molecule has 1 aromatic heterocycles. The van der Waals surface area contributed by atoms with Crippen LogP contribution in [0.1, 0.15) is 45.6 Å². The lowest BCUT2D eigenvalue weighted by atomic mass is 9.70. The largest absolute Gasteiger partial charge is 0.253 e. The van der Waals surface area contributed by atoms with Gasteiger partial charge in [0, 0.05) is 22.1 Å². The molecular formula is C20H25N3S. The van der Waals surface area contributed by atoms with Crippen molar-refractivity contribution in [1.29, 1.82) is 0 Å². The Labute approximate surface area is 148 Å². The molecule has 2 aromatic rings. The first-order valence-corrected chi connectivity index (χ1v) is 9.64. The minimum Gasteiger partial charge on any atom is -0.253 e. The minimum atomic E-state index is 0.238. The summed E-state index contributed by atoms with van der Waals surface area (Å²) in [6, 6.07) is 8.50. The zero-order valence-corrected chi connectivity index (χ0v) is 15.7. The number of aromatic nitrogens is 1. The second-order valence-corrected chi connectivity index (χ2v) is 8.93. The summed E-state index contributed by atoms with van der Waals surface area (Å²) in [6.07, 6.45) is 3.74. The summed E-state index contributed by atoms with van der Waals surface area (Å²) in [5.41, 5.74) is 8.61. The lowest BCUT2D eigenvalue weighted by Crippen LogP contribution is -2.32. The van der Waals surface area contributed by atoms with Crippen LogP contribution < -0.4 is 5.43 Å². The van der Waals surface area contributed by atoms with Gasteiger partial charge >= 0.3 is 0 Å². The highest BCUT2D eigenvalue weighted by Crippen LogP contribution is 2.63. The monoisotopic (exact) mass is 339 g/mol. The molecule has 3 nitrogen and oxygen atoms in total. The molecule has 0 aliphatic heterocycles. The molecule has 2 atom stereocenters. The smallest absolute Gasteiger partial charge is 0.203 e. The molecule has 0 radical (unpaired) electrons. The van der Waals surface area contributed by atoms with Crippen LogP contribution in [0, 0.1) is 23.7 Å². The topological polar surface area (TPSA) is 37.3 Å². The van der Waals surface area contributed by atoms with Gasteiger partial charge in [0.2, 0.25) is 5.13 Å². The Hall–Kier alpha value is -1.68. The average molecular weight is 340 g/mol. The number of aryl methyl sites for hydroxylation is 1. The number of anilines is 1. The molecule has 0 unspecified atom stereocenters. The molecule has 2 saturated carbocycles. The zero-order chi connectivity index (χ0) is 16.9. The van der Waals surface area contributed by atoms with E-state index in [9.17, 15) is 0 Å². The Bertz CT molecular complexity index is 787. The van der Waals surface area contributed by atoms with Crippen LogP contribution >= 0.6 is 11.3 Å². The molecule has 0 spiro atoms. The molecule has 24 heavy (non-hydrogen) atoms. The lowest BCUT2D eigenvalue weighted by Gasteiger charge is -2.34. The maximum Gasteiger partial charge on any atom is 0.203 e. The van der Waals surface area contributed by atoms with E-state index in [1.165, 1.54) is 24.1 Å². The van der Waals surface area contributed by atoms with Crippen LogP contribution in [0.3, 0.4) is 0 Å². The third kappa shape index (κ3) is 2.31. The molecule has 2 fully saturated rings. The van der Waals surface area contributed by atoms with Gasteiger partial charge in [-0.2, -0.15) is 5.10 Å². The van der Waals surface area contributed by atoms with Crippen molar-refractivity contribution in [2.24, 2.45) is 21.8 Å². The van der Waals surface area contributed by atoms with Gasteiger partial charge in [-0.15, -0.1) is 11.3 Å². The van der Waals surface area contributed by atoms with Crippen LogP contribution in [-0.2, 0) is 0 Å². The summed E-state index contributed by atoms with van der Waals surface area (Å²) >= 11 is 1.62. The van der Waals surface area contributed by atoms with E-state index in [0.29, 0.717) is 5.41 Å². The van der Waals surface area contributed by atoms with Gasteiger partial charge in [-0.3, -0.25) is 5.43 Å². The van der Waals surface area contributed by atoms with E-state index in [2.05, 4.69) is 62.8 Å². The zero-order valence-electron chi connectivity index (χ0n) is 14.9. The molecule has 0 amide bonds. The summed E-state index contributed by atoms with van der Waals surface area (Å²) in [6.45, 7) is 9.31. The van der Waals surface area contributed by atoms with Crippen molar-refractivity contribution in [3.63, 3.8) is 0 Å². The molecule has 1 N–H and O–H groups in total. The second kappa shape index (κ2) is 5.41. The normalized spacial score (nSPS) is 29.3. The third-order valence-corrected chi connectivity index (χ3v) is 7.40. The molecule has 1 heterocycles. The molecule has 0 saturated heterocycles. The minimum absolute atomic E-state index is 0.238. The van der Waals surface area contributed by atoms with E-state index in [1.807, 2.05) is 0 Å². The van der Waals surface area contributed by atoms with Gasteiger partial charge in [-0.25, -0.2) is 4.98 Å². The van der Waals surface area contributed by atoms with E-state index < -0.39 is 0 Å². The summed E-state index contributed by atoms with van der Waals surface area (Å²) in [5, 5.41) is 7.75.